The molecule has 0 fully saturated rings. The van der Waals surface area contributed by atoms with Crippen LogP contribution < -0.4 is 0 Å². The molecular weight excluding hydrogens is 223 g/mol. The van der Waals surface area contributed by atoms with Crippen LogP contribution in [-0.4, -0.2) is 12.1 Å². The lowest BCUT2D eigenvalue weighted by atomic mass is 10.1. The van der Waals surface area contributed by atoms with Crippen LogP contribution >= 0.6 is 23.2 Å². The van der Waals surface area contributed by atoms with Crippen LogP contribution in [0.4, 0.5) is 0 Å². The van der Waals surface area contributed by atoms with E-state index in [0.29, 0.717) is 18.3 Å². The van der Waals surface area contributed by atoms with Crippen molar-refractivity contribution in [2.45, 2.75) is 13.3 Å². The number of benzene rings is 1. The standard InChI is InChI=1S/C10H8Cl2O2/c1-2-10(14)6-3-8(11)7(5-13)9(12)4-6/h3-5H,2H2,1H3. The summed E-state index contributed by atoms with van der Waals surface area (Å²) in [7, 11) is 0. The fourth-order valence-corrected chi connectivity index (χ4v) is 1.64. The predicted octanol–water partition coefficient (Wildman–Crippen LogP) is 3.40. The summed E-state index contributed by atoms with van der Waals surface area (Å²) in [6, 6.07) is 2.92. The second-order valence-corrected chi connectivity index (χ2v) is 3.56. The van der Waals surface area contributed by atoms with E-state index in [4.69, 9.17) is 23.2 Å². The van der Waals surface area contributed by atoms with Gasteiger partial charge in [0.05, 0.1) is 15.6 Å². The number of rotatable bonds is 3. The SMILES string of the molecule is CCC(=O)c1cc(Cl)c(C=O)c(Cl)c1. The molecule has 2 nitrogen and oxygen atoms in total. The first-order chi connectivity index (χ1) is 6.60. The van der Waals surface area contributed by atoms with E-state index < -0.39 is 0 Å². The first kappa shape index (κ1) is 11.2. The van der Waals surface area contributed by atoms with Crippen LogP contribution in [0.1, 0.15) is 34.1 Å². The molecule has 0 saturated carbocycles. The number of hydrogen-bond acceptors (Lipinski definition) is 2. The number of aldehydes is 1. The quantitative estimate of drug-likeness (QED) is 0.590. The van der Waals surface area contributed by atoms with Crippen molar-refractivity contribution in [2.24, 2.45) is 0 Å². The fourth-order valence-electron chi connectivity index (χ4n) is 1.06. The molecule has 14 heavy (non-hydrogen) atoms. The van der Waals surface area contributed by atoms with E-state index in [1.54, 1.807) is 6.92 Å². The molecule has 0 spiro atoms. The third-order valence-electron chi connectivity index (χ3n) is 1.84. The molecule has 0 aliphatic carbocycles. The number of ketones is 1. The summed E-state index contributed by atoms with van der Waals surface area (Å²) in [5.41, 5.74) is 0.661. The van der Waals surface area contributed by atoms with E-state index in [1.807, 2.05) is 0 Å². The van der Waals surface area contributed by atoms with Gasteiger partial charge >= 0.3 is 0 Å². The van der Waals surface area contributed by atoms with Gasteiger partial charge in [-0.3, -0.25) is 9.59 Å². The molecule has 0 amide bonds. The van der Waals surface area contributed by atoms with Gasteiger partial charge in [-0.2, -0.15) is 0 Å². The maximum absolute atomic E-state index is 11.3. The second-order valence-electron chi connectivity index (χ2n) is 2.75. The Kier molecular flexibility index (Phi) is 3.67. The molecule has 0 saturated heterocycles. The maximum Gasteiger partial charge on any atom is 0.162 e. The average Bonchev–Trinajstić information content (AvgIpc) is 2.16. The average molecular weight is 231 g/mol. The molecule has 0 aliphatic rings. The van der Waals surface area contributed by atoms with Gasteiger partial charge < -0.3 is 0 Å². The van der Waals surface area contributed by atoms with Gasteiger partial charge in [0, 0.05) is 12.0 Å². The van der Waals surface area contributed by atoms with Gasteiger partial charge in [-0.25, -0.2) is 0 Å². The monoisotopic (exact) mass is 230 g/mol. The lowest BCUT2D eigenvalue weighted by Gasteiger charge is -2.03. The Hall–Kier alpha value is -0.860. The molecule has 0 atom stereocenters. The number of carbonyl (C=O) groups excluding carboxylic acids is 2. The van der Waals surface area contributed by atoms with Gasteiger partial charge in [-0.1, -0.05) is 30.1 Å². The second kappa shape index (κ2) is 4.58. The first-order valence-electron chi connectivity index (χ1n) is 4.07. The highest BCUT2D eigenvalue weighted by atomic mass is 35.5. The minimum absolute atomic E-state index is 0.0498. The summed E-state index contributed by atoms with van der Waals surface area (Å²) in [4.78, 5) is 21.9. The third kappa shape index (κ3) is 2.14. The maximum atomic E-state index is 11.3. The van der Waals surface area contributed by atoms with E-state index >= 15 is 0 Å². The largest absolute Gasteiger partial charge is 0.298 e. The summed E-state index contributed by atoms with van der Waals surface area (Å²) in [5.74, 6) is -0.0498. The van der Waals surface area contributed by atoms with Crippen molar-refractivity contribution in [1.82, 2.24) is 0 Å². The highest BCUT2D eigenvalue weighted by Crippen LogP contribution is 2.25. The van der Waals surface area contributed by atoms with Crippen molar-refractivity contribution >= 4 is 35.3 Å². The molecule has 0 aliphatic heterocycles. The van der Waals surface area contributed by atoms with Crippen LogP contribution in [0, 0.1) is 0 Å². The molecule has 0 bridgehead atoms. The van der Waals surface area contributed by atoms with Crippen LogP contribution in [0.2, 0.25) is 10.0 Å². The molecule has 0 unspecified atom stereocenters. The summed E-state index contributed by atoms with van der Waals surface area (Å²) in [6.07, 6.45) is 0.956. The van der Waals surface area contributed by atoms with Gasteiger partial charge in [-0.05, 0) is 12.1 Å². The molecular formula is C10H8Cl2O2. The van der Waals surface area contributed by atoms with E-state index in [9.17, 15) is 9.59 Å². The predicted molar refractivity (Wildman–Crippen MR) is 56.5 cm³/mol. The highest BCUT2D eigenvalue weighted by Gasteiger charge is 2.10. The van der Waals surface area contributed by atoms with Gasteiger partial charge in [0.25, 0.3) is 0 Å². The van der Waals surface area contributed by atoms with Gasteiger partial charge in [-0.15, -0.1) is 0 Å². The molecule has 0 heterocycles. The van der Waals surface area contributed by atoms with Crippen LogP contribution in [0.15, 0.2) is 12.1 Å². The van der Waals surface area contributed by atoms with Crippen molar-refractivity contribution in [3.63, 3.8) is 0 Å². The Morgan fingerprint density at radius 1 is 1.36 bits per heavy atom. The summed E-state index contributed by atoms with van der Waals surface area (Å²) in [5, 5.41) is 0.425. The third-order valence-corrected chi connectivity index (χ3v) is 2.47. The zero-order chi connectivity index (χ0) is 10.7. The zero-order valence-corrected chi connectivity index (χ0v) is 9.02. The summed E-state index contributed by atoms with van der Waals surface area (Å²) in [6.45, 7) is 1.75. The Morgan fingerprint density at radius 3 is 2.21 bits per heavy atom. The smallest absolute Gasteiger partial charge is 0.162 e. The van der Waals surface area contributed by atoms with E-state index in [-0.39, 0.29) is 21.4 Å². The molecule has 74 valence electrons. The van der Waals surface area contributed by atoms with Crippen LogP contribution in [-0.2, 0) is 0 Å². The zero-order valence-electron chi connectivity index (χ0n) is 7.51. The number of halogens is 2. The molecule has 0 N–H and O–H groups in total. The summed E-state index contributed by atoms with van der Waals surface area (Å²) < 4.78 is 0. The van der Waals surface area contributed by atoms with Crippen LogP contribution in [0.5, 0.6) is 0 Å². The Bertz CT molecular complexity index is 363. The van der Waals surface area contributed by atoms with Crippen molar-refractivity contribution in [1.29, 1.82) is 0 Å². The van der Waals surface area contributed by atoms with Crippen molar-refractivity contribution in [2.75, 3.05) is 0 Å². The van der Waals surface area contributed by atoms with Crippen molar-refractivity contribution in [3.05, 3.63) is 33.3 Å². The topological polar surface area (TPSA) is 34.1 Å². The van der Waals surface area contributed by atoms with Crippen LogP contribution in [0.25, 0.3) is 0 Å². The number of Topliss-reactive ketones (excluding diaryl/α,β-unsaturated/α-hetero) is 1. The Labute approximate surface area is 91.8 Å². The number of hydrogen-bond donors (Lipinski definition) is 0. The summed E-state index contributed by atoms with van der Waals surface area (Å²) >= 11 is 11.5. The van der Waals surface area contributed by atoms with E-state index in [2.05, 4.69) is 0 Å². The van der Waals surface area contributed by atoms with Crippen molar-refractivity contribution < 1.29 is 9.59 Å². The van der Waals surface area contributed by atoms with E-state index in [1.165, 1.54) is 12.1 Å². The minimum Gasteiger partial charge on any atom is -0.298 e. The lowest BCUT2D eigenvalue weighted by molar-refractivity contribution is 0.0987. The van der Waals surface area contributed by atoms with Gasteiger partial charge in [0.2, 0.25) is 0 Å². The highest BCUT2D eigenvalue weighted by molar-refractivity contribution is 6.39. The van der Waals surface area contributed by atoms with Crippen LogP contribution in [0.3, 0.4) is 0 Å². The fraction of sp³-hybridized carbons (Fsp3) is 0.200. The van der Waals surface area contributed by atoms with E-state index in [0.717, 1.165) is 0 Å². The Morgan fingerprint density at radius 2 is 1.86 bits per heavy atom. The number of carbonyl (C=O) groups is 2. The molecule has 1 rings (SSSR count). The first-order valence-corrected chi connectivity index (χ1v) is 4.83. The molecule has 0 aromatic heterocycles. The van der Waals surface area contributed by atoms with Gasteiger partial charge in [0.1, 0.15) is 0 Å². The lowest BCUT2D eigenvalue weighted by Crippen LogP contribution is -1.98. The molecule has 1 aromatic rings. The Balaban J connectivity index is 3.27. The molecule has 1 aromatic carbocycles. The van der Waals surface area contributed by atoms with Gasteiger partial charge in [0.15, 0.2) is 12.1 Å². The minimum atomic E-state index is -0.0498. The molecule has 0 radical (unpaired) electrons. The van der Waals surface area contributed by atoms with Crippen molar-refractivity contribution in [3.8, 4) is 0 Å². The normalized spacial score (nSPS) is 9.93. The molecule has 4 heteroatoms.